The lowest BCUT2D eigenvalue weighted by Crippen LogP contribution is -2.47. The van der Waals surface area contributed by atoms with Crippen LogP contribution in [0.2, 0.25) is 5.02 Å². The molecule has 3 heteroatoms. The first kappa shape index (κ1) is 20.4. The van der Waals surface area contributed by atoms with Crippen LogP contribution in [0.4, 0.5) is 0 Å². The molecule has 146 valence electrons. The first-order chi connectivity index (χ1) is 12.9. The second-order valence-electron chi connectivity index (χ2n) is 8.35. The van der Waals surface area contributed by atoms with Crippen LogP contribution >= 0.6 is 11.6 Å². The largest absolute Gasteiger partial charge is 0.390 e. The lowest BCUT2D eigenvalue weighted by Gasteiger charge is -2.47. The Balaban J connectivity index is 1.87. The van der Waals surface area contributed by atoms with Crippen LogP contribution in [-0.2, 0) is 6.42 Å². The molecule has 0 aromatic heterocycles. The highest BCUT2D eigenvalue weighted by Gasteiger charge is 2.44. The minimum atomic E-state index is -0.641. The molecule has 1 fully saturated rings. The average molecular weight is 386 g/mol. The highest BCUT2D eigenvalue weighted by Crippen LogP contribution is 2.46. The molecule has 0 bridgehead atoms. The van der Waals surface area contributed by atoms with Crippen LogP contribution in [0.3, 0.4) is 0 Å². The van der Waals surface area contributed by atoms with E-state index in [-0.39, 0.29) is 12.0 Å². The van der Waals surface area contributed by atoms with Crippen LogP contribution in [0.1, 0.15) is 54.8 Å². The van der Waals surface area contributed by atoms with Gasteiger partial charge >= 0.3 is 0 Å². The van der Waals surface area contributed by atoms with Gasteiger partial charge in [-0.15, -0.1) is 0 Å². The highest BCUT2D eigenvalue weighted by atomic mass is 35.5. The van der Waals surface area contributed by atoms with E-state index in [0.29, 0.717) is 0 Å². The van der Waals surface area contributed by atoms with Crippen molar-refractivity contribution in [2.24, 2.45) is 5.92 Å². The molecule has 0 radical (unpaired) electrons. The first-order valence-electron chi connectivity index (χ1n) is 10.1. The SMILES string of the molecule is Cc1ccccc1C(C1CCCCC1(O)CCc1cccc(Cl)c1)N(C)C. The number of hydrogen-bond acceptors (Lipinski definition) is 2. The van der Waals surface area contributed by atoms with E-state index in [9.17, 15) is 5.11 Å². The van der Waals surface area contributed by atoms with Crippen molar-refractivity contribution in [1.29, 1.82) is 0 Å². The predicted octanol–water partition coefficient (Wildman–Crippen LogP) is 5.81. The first-order valence-corrected chi connectivity index (χ1v) is 10.5. The number of halogens is 1. The van der Waals surface area contributed by atoms with Crippen molar-refractivity contribution in [3.63, 3.8) is 0 Å². The van der Waals surface area contributed by atoms with Gasteiger partial charge < -0.3 is 10.0 Å². The van der Waals surface area contributed by atoms with Crippen LogP contribution < -0.4 is 0 Å². The Morgan fingerprint density at radius 1 is 1.15 bits per heavy atom. The summed E-state index contributed by atoms with van der Waals surface area (Å²) in [6.45, 7) is 2.18. The summed E-state index contributed by atoms with van der Waals surface area (Å²) in [7, 11) is 4.28. The van der Waals surface area contributed by atoms with E-state index >= 15 is 0 Å². The maximum atomic E-state index is 11.8. The van der Waals surface area contributed by atoms with Gasteiger partial charge in [0.15, 0.2) is 0 Å². The summed E-state index contributed by atoms with van der Waals surface area (Å²) in [5.41, 5.74) is 3.21. The minimum absolute atomic E-state index is 0.232. The van der Waals surface area contributed by atoms with Crippen molar-refractivity contribution in [2.45, 2.75) is 57.1 Å². The third-order valence-electron chi connectivity index (χ3n) is 6.25. The van der Waals surface area contributed by atoms with E-state index in [4.69, 9.17) is 11.6 Å². The smallest absolute Gasteiger partial charge is 0.0697 e. The van der Waals surface area contributed by atoms with Gasteiger partial charge in [-0.3, -0.25) is 0 Å². The zero-order valence-electron chi connectivity index (χ0n) is 16.8. The Kier molecular flexibility index (Phi) is 6.62. The summed E-state index contributed by atoms with van der Waals surface area (Å²) in [6.07, 6.45) is 5.91. The van der Waals surface area contributed by atoms with Crippen LogP contribution in [-0.4, -0.2) is 29.7 Å². The molecule has 2 nitrogen and oxygen atoms in total. The van der Waals surface area contributed by atoms with Gasteiger partial charge in [-0.05, 0) is 75.5 Å². The van der Waals surface area contributed by atoms with Crippen LogP contribution in [0.5, 0.6) is 0 Å². The van der Waals surface area contributed by atoms with E-state index in [1.807, 2.05) is 18.2 Å². The molecule has 27 heavy (non-hydrogen) atoms. The second kappa shape index (κ2) is 8.77. The van der Waals surface area contributed by atoms with Crippen LogP contribution in [0.25, 0.3) is 0 Å². The number of nitrogens with zero attached hydrogens (tertiary/aromatic N) is 1. The lowest BCUT2D eigenvalue weighted by atomic mass is 9.67. The minimum Gasteiger partial charge on any atom is -0.390 e. The molecule has 2 aromatic carbocycles. The Labute approximate surface area is 169 Å². The standard InChI is InChI=1S/C24H32ClNO/c1-18-9-4-5-12-21(18)23(26(2)3)22-13-6-7-15-24(22,27)16-14-19-10-8-11-20(25)17-19/h4-5,8-12,17,22-23,27H,6-7,13-16H2,1-3H3. The number of rotatable bonds is 6. The summed E-state index contributed by atoms with van der Waals surface area (Å²) >= 11 is 6.15. The van der Waals surface area contributed by atoms with Gasteiger partial charge in [-0.2, -0.15) is 0 Å². The summed E-state index contributed by atoms with van der Waals surface area (Å²) in [5.74, 6) is 0.238. The van der Waals surface area contributed by atoms with Gasteiger partial charge in [-0.25, -0.2) is 0 Å². The maximum Gasteiger partial charge on any atom is 0.0697 e. The third-order valence-corrected chi connectivity index (χ3v) is 6.48. The van der Waals surface area contributed by atoms with Gasteiger partial charge in [0.25, 0.3) is 0 Å². The number of aliphatic hydroxyl groups is 1. The van der Waals surface area contributed by atoms with E-state index in [1.54, 1.807) is 0 Å². The Hall–Kier alpha value is -1.35. The predicted molar refractivity (Wildman–Crippen MR) is 114 cm³/mol. The Bertz CT molecular complexity index is 760. The van der Waals surface area contributed by atoms with Crippen molar-refractivity contribution >= 4 is 11.6 Å². The number of benzene rings is 2. The molecule has 1 N–H and O–H groups in total. The number of hydrogen-bond donors (Lipinski definition) is 1. The second-order valence-corrected chi connectivity index (χ2v) is 8.79. The molecule has 3 atom stereocenters. The summed E-state index contributed by atoms with van der Waals surface area (Å²) in [4.78, 5) is 2.29. The van der Waals surface area contributed by atoms with Crippen LogP contribution in [0.15, 0.2) is 48.5 Å². The molecule has 0 spiro atoms. The molecule has 1 saturated carbocycles. The van der Waals surface area contributed by atoms with E-state index in [1.165, 1.54) is 23.1 Å². The fraction of sp³-hybridized carbons (Fsp3) is 0.500. The van der Waals surface area contributed by atoms with Gasteiger partial charge in [0.05, 0.1) is 5.60 Å². The summed E-state index contributed by atoms with van der Waals surface area (Å²) in [5, 5.41) is 12.5. The van der Waals surface area contributed by atoms with Crippen molar-refractivity contribution in [2.75, 3.05) is 14.1 Å². The lowest BCUT2D eigenvalue weighted by molar-refractivity contribution is -0.0829. The fourth-order valence-electron chi connectivity index (χ4n) is 4.84. The summed E-state index contributed by atoms with van der Waals surface area (Å²) < 4.78 is 0. The number of aryl methyl sites for hydroxylation is 2. The van der Waals surface area contributed by atoms with Crippen molar-refractivity contribution < 1.29 is 5.11 Å². The Morgan fingerprint density at radius 3 is 2.63 bits per heavy atom. The van der Waals surface area contributed by atoms with E-state index in [2.05, 4.69) is 56.3 Å². The zero-order valence-corrected chi connectivity index (χ0v) is 17.5. The molecular formula is C24H32ClNO. The molecule has 1 aliphatic rings. The highest BCUT2D eigenvalue weighted by molar-refractivity contribution is 6.30. The van der Waals surface area contributed by atoms with Crippen molar-refractivity contribution in [3.8, 4) is 0 Å². The van der Waals surface area contributed by atoms with Crippen molar-refractivity contribution in [3.05, 3.63) is 70.2 Å². The molecular weight excluding hydrogens is 354 g/mol. The van der Waals surface area contributed by atoms with E-state index < -0.39 is 5.60 Å². The molecule has 3 rings (SSSR count). The van der Waals surface area contributed by atoms with Gasteiger partial charge in [0.1, 0.15) is 0 Å². The molecule has 0 amide bonds. The van der Waals surface area contributed by atoms with Gasteiger partial charge in [0, 0.05) is 17.0 Å². The maximum absolute atomic E-state index is 11.8. The molecule has 3 unspecified atom stereocenters. The van der Waals surface area contributed by atoms with E-state index in [0.717, 1.165) is 37.1 Å². The molecule has 1 aliphatic carbocycles. The zero-order chi connectivity index (χ0) is 19.4. The monoisotopic (exact) mass is 385 g/mol. The summed E-state index contributed by atoms with van der Waals surface area (Å²) in [6, 6.07) is 16.9. The third kappa shape index (κ3) is 4.74. The molecule has 0 aliphatic heterocycles. The Morgan fingerprint density at radius 2 is 1.93 bits per heavy atom. The van der Waals surface area contributed by atoms with Gasteiger partial charge in [-0.1, -0.05) is 60.8 Å². The topological polar surface area (TPSA) is 23.5 Å². The quantitative estimate of drug-likeness (QED) is 0.678. The molecule has 2 aromatic rings. The van der Waals surface area contributed by atoms with Crippen LogP contribution in [0, 0.1) is 12.8 Å². The average Bonchev–Trinajstić information content (AvgIpc) is 2.63. The van der Waals surface area contributed by atoms with Gasteiger partial charge in [0.2, 0.25) is 0 Å². The normalized spacial score (nSPS) is 24.1. The fourth-order valence-corrected chi connectivity index (χ4v) is 5.05. The molecule has 0 saturated heterocycles. The van der Waals surface area contributed by atoms with Crippen molar-refractivity contribution in [1.82, 2.24) is 4.90 Å². The molecule has 0 heterocycles.